The Morgan fingerprint density at radius 1 is 0.385 bits per heavy atom. The molecule has 6 aromatic rings. The van der Waals surface area contributed by atoms with E-state index in [1.54, 1.807) is 12.2 Å². The van der Waals surface area contributed by atoms with Gasteiger partial charge in [-0.2, -0.15) is 0 Å². The lowest BCUT2D eigenvalue weighted by Crippen LogP contribution is -2.10. The van der Waals surface area contributed by atoms with E-state index in [-0.39, 0.29) is 98.5 Å². The third-order valence-corrected chi connectivity index (χ3v) is 14.9. The second kappa shape index (κ2) is 26.4. The van der Waals surface area contributed by atoms with Gasteiger partial charge in [-0.1, -0.05) is 191 Å². The highest BCUT2D eigenvalue weighted by molar-refractivity contribution is 6.56. The van der Waals surface area contributed by atoms with Gasteiger partial charge in [0.05, 0.1) is 17.8 Å². The van der Waals surface area contributed by atoms with Gasteiger partial charge < -0.3 is 28.4 Å². The maximum Gasteiger partial charge on any atom is 0.310 e. The molecular formula is C65H66Cl4O9. The van der Waals surface area contributed by atoms with Crippen molar-refractivity contribution in [3.05, 3.63) is 213 Å². The summed E-state index contributed by atoms with van der Waals surface area (Å²) in [6.45, 7) is 17.1. The van der Waals surface area contributed by atoms with Crippen LogP contribution >= 0.6 is 46.4 Å². The van der Waals surface area contributed by atoms with Crippen molar-refractivity contribution in [3.63, 3.8) is 0 Å². The first-order chi connectivity index (χ1) is 37.1. The van der Waals surface area contributed by atoms with Gasteiger partial charge in [0, 0.05) is 0 Å². The summed E-state index contributed by atoms with van der Waals surface area (Å²) in [6.07, 6.45) is 5.60. The molecule has 0 radical (unpaired) electrons. The van der Waals surface area contributed by atoms with Crippen LogP contribution in [0, 0.1) is 51.8 Å². The molecule has 0 bridgehead atoms. The van der Waals surface area contributed by atoms with Gasteiger partial charge in [0.15, 0.2) is 0 Å². The number of para-hydroxylation sites is 3. The molecule has 9 nitrogen and oxygen atoms in total. The Bertz CT molecular complexity index is 2760. The number of esters is 3. The zero-order valence-corrected chi connectivity index (χ0v) is 48.1. The third kappa shape index (κ3) is 16.5. The highest BCUT2D eigenvalue weighted by Crippen LogP contribution is 2.62. The van der Waals surface area contributed by atoms with Crippen LogP contribution in [0.1, 0.15) is 72.1 Å². The molecule has 9 rings (SSSR count). The molecule has 0 N–H and O–H groups in total. The molecule has 78 heavy (non-hydrogen) atoms. The lowest BCUT2D eigenvalue weighted by atomic mass is 10.1. The van der Waals surface area contributed by atoms with Crippen molar-refractivity contribution < 1.29 is 42.8 Å². The van der Waals surface area contributed by atoms with E-state index >= 15 is 0 Å². The molecule has 0 aliphatic heterocycles. The zero-order chi connectivity index (χ0) is 56.2. The summed E-state index contributed by atoms with van der Waals surface area (Å²) < 4.78 is 34.4. The molecule has 13 heteroatoms. The van der Waals surface area contributed by atoms with Crippen molar-refractivity contribution in [3.8, 4) is 34.5 Å². The molecule has 0 heterocycles. The van der Waals surface area contributed by atoms with Crippen molar-refractivity contribution in [2.75, 3.05) is 0 Å². The largest absolute Gasteiger partial charge is 0.461 e. The minimum Gasteiger partial charge on any atom is -0.461 e. The first-order valence-electron chi connectivity index (χ1n) is 25.8. The maximum absolute atomic E-state index is 12.5. The quantitative estimate of drug-likeness (QED) is 0.0472. The van der Waals surface area contributed by atoms with Gasteiger partial charge in [-0.15, -0.1) is 0 Å². The van der Waals surface area contributed by atoms with Crippen molar-refractivity contribution in [2.45, 2.75) is 75.2 Å². The Labute approximate surface area is 479 Å². The summed E-state index contributed by atoms with van der Waals surface area (Å²) in [5, 5.41) is 0. The second-order valence-corrected chi connectivity index (χ2v) is 23.7. The summed E-state index contributed by atoms with van der Waals surface area (Å²) >= 11 is 22.9. The molecule has 0 amide bonds. The lowest BCUT2D eigenvalue weighted by molar-refractivity contribution is -0.148. The van der Waals surface area contributed by atoms with E-state index in [1.165, 1.54) is 5.57 Å². The van der Waals surface area contributed by atoms with Crippen LogP contribution in [0.5, 0.6) is 34.5 Å². The van der Waals surface area contributed by atoms with E-state index in [0.717, 1.165) is 39.7 Å². The Morgan fingerprint density at radius 2 is 0.641 bits per heavy atom. The molecular weight excluding hydrogens is 1070 g/mol. The number of benzene rings is 6. The monoisotopic (exact) mass is 1130 g/mol. The average Bonchev–Trinajstić information content (AvgIpc) is 4.48. The molecule has 3 fully saturated rings. The van der Waals surface area contributed by atoms with Crippen LogP contribution in [0.15, 0.2) is 197 Å². The van der Waals surface area contributed by atoms with Crippen LogP contribution in [0.3, 0.4) is 0 Å². The number of hydrogen-bond acceptors (Lipinski definition) is 9. The summed E-state index contributed by atoms with van der Waals surface area (Å²) in [6, 6.07) is 51.4. The highest BCUT2D eigenvalue weighted by atomic mass is 35.5. The predicted molar refractivity (Wildman–Crippen MR) is 310 cm³/mol. The molecule has 0 aromatic heterocycles. The van der Waals surface area contributed by atoms with E-state index in [9.17, 15) is 14.4 Å². The van der Waals surface area contributed by atoms with Crippen molar-refractivity contribution in [1.29, 1.82) is 0 Å². The van der Waals surface area contributed by atoms with Gasteiger partial charge in [0.1, 0.15) is 63.3 Å². The molecule has 6 atom stereocenters. The summed E-state index contributed by atoms with van der Waals surface area (Å²) in [5.41, 5.74) is 3.50. The first-order valence-corrected chi connectivity index (χ1v) is 27.3. The fourth-order valence-corrected chi connectivity index (χ4v) is 10.2. The van der Waals surface area contributed by atoms with E-state index in [0.29, 0.717) is 11.5 Å². The number of ether oxygens (including phenoxy) is 6. The fourth-order valence-electron chi connectivity index (χ4n) is 9.65. The fraction of sp³-hybridized carbons (Fsp3) is 0.308. The highest BCUT2D eigenvalue weighted by Gasteiger charge is 2.63. The Balaban J connectivity index is 0.000000170. The summed E-state index contributed by atoms with van der Waals surface area (Å²) in [4.78, 5) is 37.3. The molecule has 2 unspecified atom stereocenters. The number of rotatable bonds is 18. The Hall–Kier alpha value is -6.49. The van der Waals surface area contributed by atoms with Gasteiger partial charge in [-0.3, -0.25) is 14.4 Å². The number of carbonyl (C=O) groups is 3. The molecule has 3 aliphatic carbocycles. The molecule has 0 spiro atoms. The van der Waals surface area contributed by atoms with Gasteiger partial charge in [0.2, 0.25) is 0 Å². The van der Waals surface area contributed by atoms with Gasteiger partial charge >= 0.3 is 17.9 Å². The Morgan fingerprint density at radius 3 is 0.897 bits per heavy atom. The third-order valence-electron chi connectivity index (χ3n) is 14.4. The SMILES string of the molecule is CC(C)=CC1C(C(=O)OCc2cccc(Oc3ccccc3)c2)C1(C)C.CC1(C)[C@@H](C=C(Cl)Cl)[C@@H]1C(=O)OCc1cccc(Oc2ccccc2)c1.CC1(C)[C@H](C=C(Cl)Cl)[C@H]1C(=O)OCc1cccc(Oc2ccccc2)c1. The maximum atomic E-state index is 12.5. The van der Waals surface area contributed by atoms with Crippen LogP contribution in [0.25, 0.3) is 0 Å². The van der Waals surface area contributed by atoms with Crippen LogP contribution in [-0.2, 0) is 48.4 Å². The minimum absolute atomic E-state index is 0.00717. The van der Waals surface area contributed by atoms with Crippen LogP contribution < -0.4 is 14.2 Å². The lowest BCUT2D eigenvalue weighted by Gasteiger charge is -2.09. The van der Waals surface area contributed by atoms with Crippen LogP contribution in [-0.4, -0.2) is 17.9 Å². The van der Waals surface area contributed by atoms with Gasteiger partial charge in [-0.25, -0.2) is 0 Å². The van der Waals surface area contributed by atoms with Crippen LogP contribution in [0.4, 0.5) is 0 Å². The number of hydrogen-bond donors (Lipinski definition) is 0. The van der Waals surface area contributed by atoms with Crippen molar-refractivity contribution in [2.24, 2.45) is 51.8 Å². The molecule has 6 aromatic carbocycles. The molecule has 408 valence electrons. The summed E-state index contributed by atoms with van der Waals surface area (Å²) in [7, 11) is 0. The molecule has 3 saturated carbocycles. The van der Waals surface area contributed by atoms with E-state index in [1.807, 2.05) is 191 Å². The van der Waals surface area contributed by atoms with Crippen molar-refractivity contribution >= 4 is 64.3 Å². The average molecular weight is 1130 g/mol. The van der Waals surface area contributed by atoms with Crippen molar-refractivity contribution in [1.82, 2.24) is 0 Å². The number of allylic oxidation sites excluding steroid dienone is 4. The Kier molecular flexibility index (Phi) is 20.1. The topological polar surface area (TPSA) is 107 Å². The number of halogens is 4. The van der Waals surface area contributed by atoms with E-state index in [2.05, 4.69) is 33.8 Å². The standard InChI is InChI=1S/C23H26O3.2C21H20Cl2O3/c1-16(2)13-20-21(23(20,3)4)22(24)25-15-17-9-8-12-19(14-17)26-18-10-6-5-7-11-18;2*1-21(2)17(12-18(22)23)19(21)20(24)25-13-14-7-6-10-16(11-14)26-15-8-4-3-5-9-15/h5-14,20-21H,15H2,1-4H3;2*3-12,17,19H,13H2,1-2H3/t;2*17-,19+/m.10/s1. The first kappa shape index (κ1) is 59.2. The van der Waals surface area contributed by atoms with Gasteiger partial charge in [-0.05, 0) is 149 Å². The smallest absolute Gasteiger partial charge is 0.310 e. The van der Waals surface area contributed by atoms with Crippen LogP contribution in [0.2, 0.25) is 0 Å². The number of carbonyl (C=O) groups excluding carboxylic acids is 3. The minimum atomic E-state index is -0.236. The van der Waals surface area contributed by atoms with E-state index < -0.39 is 0 Å². The normalized spacial score (nSPS) is 20.2. The van der Waals surface area contributed by atoms with Gasteiger partial charge in [0.25, 0.3) is 0 Å². The molecule has 0 saturated heterocycles. The summed E-state index contributed by atoms with van der Waals surface area (Å²) in [5.74, 6) is 3.63. The predicted octanol–water partition coefficient (Wildman–Crippen LogP) is 18.0. The zero-order valence-electron chi connectivity index (χ0n) is 45.1. The second-order valence-electron chi connectivity index (χ2n) is 21.6. The van der Waals surface area contributed by atoms with E-state index in [4.69, 9.17) is 74.8 Å². The molecule has 3 aliphatic rings.